The highest BCUT2D eigenvalue weighted by Gasteiger charge is 1.97. The Labute approximate surface area is 81.2 Å². The van der Waals surface area contributed by atoms with E-state index in [-0.39, 0.29) is 0 Å². The van der Waals surface area contributed by atoms with E-state index < -0.39 is 0 Å². The van der Waals surface area contributed by atoms with Gasteiger partial charge in [-0.15, -0.1) is 0 Å². The van der Waals surface area contributed by atoms with Gasteiger partial charge in [-0.05, 0) is 29.0 Å². The lowest BCUT2D eigenvalue weighted by molar-refractivity contribution is 1.08. The van der Waals surface area contributed by atoms with E-state index in [4.69, 9.17) is 0 Å². The molecular formula is C12H8N2. The van der Waals surface area contributed by atoms with E-state index >= 15 is 0 Å². The first-order chi connectivity index (χ1) is 6.93. The summed E-state index contributed by atoms with van der Waals surface area (Å²) in [7, 11) is 0. The molecule has 2 nitrogen and oxygen atoms in total. The van der Waals surface area contributed by atoms with Crippen LogP contribution in [0.3, 0.4) is 0 Å². The molecule has 0 fully saturated rings. The monoisotopic (exact) mass is 180 g/mol. The zero-order valence-corrected chi connectivity index (χ0v) is 7.51. The molecule has 1 aromatic heterocycles. The molecule has 0 N–H and O–H groups in total. The van der Waals surface area contributed by atoms with Crippen LogP contribution in [0.15, 0.2) is 48.7 Å². The van der Waals surface area contributed by atoms with Crippen LogP contribution >= 0.6 is 0 Å². The maximum absolute atomic E-state index is 4.08. The van der Waals surface area contributed by atoms with E-state index in [1.54, 1.807) is 6.20 Å². The van der Waals surface area contributed by atoms with E-state index in [1.165, 1.54) is 10.8 Å². The molecule has 2 aromatic carbocycles. The average Bonchev–Trinajstić information content (AvgIpc) is 2.26. The number of rotatable bonds is 0. The lowest BCUT2D eigenvalue weighted by Gasteiger charge is -1.99. The first-order valence-electron chi connectivity index (χ1n) is 4.54. The Balaban J connectivity index is 2.52. The molecule has 0 aliphatic carbocycles. The summed E-state index contributed by atoms with van der Waals surface area (Å²) in [5.41, 5.74) is 0.950. The second kappa shape index (κ2) is 2.77. The van der Waals surface area contributed by atoms with E-state index in [0.717, 1.165) is 10.9 Å². The topological polar surface area (TPSA) is 25.8 Å². The molecule has 0 aliphatic heterocycles. The van der Waals surface area contributed by atoms with Crippen molar-refractivity contribution in [2.45, 2.75) is 0 Å². The molecule has 3 rings (SSSR count). The predicted octanol–water partition coefficient (Wildman–Crippen LogP) is 2.78. The summed E-state index contributed by atoms with van der Waals surface area (Å²) in [6, 6.07) is 14.5. The Morgan fingerprint density at radius 1 is 0.786 bits per heavy atom. The van der Waals surface area contributed by atoms with Crippen LogP contribution in [0.25, 0.3) is 21.7 Å². The Hall–Kier alpha value is -1.96. The molecule has 0 radical (unpaired) electrons. The number of benzene rings is 2. The lowest BCUT2D eigenvalue weighted by atomic mass is 10.1. The number of hydrogen-bond acceptors (Lipinski definition) is 2. The molecule has 14 heavy (non-hydrogen) atoms. The number of fused-ring (bicyclic) bond motifs is 2. The highest BCUT2D eigenvalue weighted by molar-refractivity contribution is 5.95. The minimum Gasteiger partial charge on any atom is -0.159 e. The van der Waals surface area contributed by atoms with Crippen LogP contribution in [0.1, 0.15) is 0 Å². The summed E-state index contributed by atoms with van der Waals surface area (Å²) >= 11 is 0. The number of aromatic nitrogens is 2. The van der Waals surface area contributed by atoms with Gasteiger partial charge in [0.05, 0.1) is 11.7 Å². The van der Waals surface area contributed by atoms with Crippen molar-refractivity contribution in [1.29, 1.82) is 0 Å². The summed E-state index contributed by atoms with van der Waals surface area (Å²) in [5, 5.41) is 11.5. The largest absolute Gasteiger partial charge is 0.159 e. The highest BCUT2D eigenvalue weighted by atomic mass is 15.1. The van der Waals surface area contributed by atoms with Gasteiger partial charge in [-0.1, -0.05) is 24.3 Å². The third kappa shape index (κ3) is 1.04. The fourth-order valence-electron chi connectivity index (χ4n) is 1.68. The van der Waals surface area contributed by atoms with Gasteiger partial charge in [0.2, 0.25) is 0 Å². The van der Waals surface area contributed by atoms with Crippen molar-refractivity contribution in [1.82, 2.24) is 10.2 Å². The lowest BCUT2D eigenvalue weighted by Crippen LogP contribution is -1.82. The second-order valence-corrected chi connectivity index (χ2v) is 3.29. The van der Waals surface area contributed by atoms with E-state index in [9.17, 15) is 0 Å². The van der Waals surface area contributed by atoms with Gasteiger partial charge in [0, 0.05) is 5.39 Å². The van der Waals surface area contributed by atoms with Gasteiger partial charge in [0.25, 0.3) is 0 Å². The van der Waals surface area contributed by atoms with Crippen LogP contribution in [-0.4, -0.2) is 10.2 Å². The Morgan fingerprint density at radius 3 is 2.43 bits per heavy atom. The quantitative estimate of drug-likeness (QED) is 0.497. The van der Waals surface area contributed by atoms with Crippen molar-refractivity contribution in [3.8, 4) is 0 Å². The molecule has 0 amide bonds. The van der Waals surface area contributed by atoms with Crippen molar-refractivity contribution < 1.29 is 0 Å². The fraction of sp³-hybridized carbons (Fsp3) is 0. The summed E-state index contributed by atoms with van der Waals surface area (Å²) < 4.78 is 0. The minimum absolute atomic E-state index is 0.950. The molecule has 0 bridgehead atoms. The Kier molecular flexibility index (Phi) is 1.47. The summed E-state index contributed by atoms with van der Waals surface area (Å²) in [6.07, 6.45) is 1.72. The van der Waals surface area contributed by atoms with Gasteiger partial charge < -0.3 is 0 Å². The normalized spacial score (nSPS) is 10.9. The SMILES string of the molecule is c1ccc2cc3nnccc3cc2c1. The second-order valence-electron chi connectivity index (χ2n) is 3.29. The van der Waals surface area contributed by atoms with Crippen LogP contribution in [-0.2, 0) is 0 Å². The molecule has 0 unspecified atom stereocenters. The van der Waals surface area contributed by atoms with Crippen LogP contribution in [0.5, 0.6) is 0 Å². The van der Waals surface area contributed by atoms with E-state index in [1.807, 2.05) is 18.2 Å². The zero-order valence-electron chi connectivity index (χ0n) is 7.51. The van der Waals surface area contributed by atoms with Crippen molar-refractivity contribution in [3.05, 3.63) is 48.7 Å². The van der Waals surface area contributed by atoms with Gasteiger partial charge in [-0.2, -0.15) is 10.2 Å². The van der Waals surface area contributed by atoms with E-state index in [0.29, 0.717) is 0 Å². The van der Waals surface area contributed by atoms with E-state index in [2.05, 4.69) is 34.5 Å². The molecule has 0 spiro atoms. The summed E-state index contributed by atoms with van der Waals surface area (Å²) in [4.78, 5) is 0. The van der Waals surface area contributed by atoms with Crippen LogP contribution in [0.2, 0.25) is 0 Å². The first kappa shape index (κ1) is 7.44. The van der Waals surface area contributed by atoms with Gasteiger partial charge in [-0.3, -0.25) is 0 Å². The standard InChI is InChI=1S/C12H8N2/c1-2-4-10-8-12-11(5-6-13-14-12)7-9(10)3-1/h1-8H. The molecule has 66 valence electrons. The smallest absolute Gasteiger partial charge is 0.0936 e. The van der Waals surface area contributed by atoms with Gasteiger partial charge in [0.1, 0.15) is 0 Å². The molecule has 3 aromatic rings. The molecule has 0 atom stereocenters. The van der Waals surface area contributed by atoms with Crippen molar-refractivity contribution in [2.75, 3.05) is 0 Å². The number of hydrogen-bond donors (Lipinski definition) is 0. The zero-order chi connectivity index (χ0) is 9.38. The molecule has 1 heterocycles. The third-order valence-corrected chi connectivity index (χ3v) is 2.38. The molecule has 2 heteroatoms. The summed E-state index contributed by atoms with van der Waals surface area (Å²) in [6.45, 7) is 0. The maximum atomic E-state index is 4.08. The molecule has 0 saturated heterocycles. The van der Waals surface area contributed by atoms with Crippen LogP contribution < -0.4 is 0 Å². The average molecular weight is 180 g/mol. The van der Waals surface area contributed by atoms with Gasteiger partial charge in [0.15, 0.2) is 0 Å². The van der Waals surface area contributed by atoms with Crippen LogP contribution in [0, 0.1) is 0 Å². The van der Waals surface area contributed by atoms with Crippen LogP contribution in [0.4, 0.5) is 0 Å². The Bertz CT molecular complexity index is 497. The summed E-state index contributed by atoms with van der Waals surface area (Å²) in [5.74, 6) is 0. The van der Waals surface area contributed by atoms with Crippen molar-refractivity contribution >= 4 is 21.7 Å². The molecule has 0 aliphatic rings. The van der Waals surface area contributed by atoms with Gasteiger partial charge >= 0.3 is 0 Å². The minimum atomic E-state index is 0.950. The molecule has 0 saturated carbocycles. The van der Waals surface area contributed by atoms with Crippen molar-refractivity contribution in [3.63, 3.8) is 0 Å². The highest BCUT2D eigenvalue weighted by Crippen LogP contribution is 2.19. The van der Waals surface area contributed by atoms with Gasteiger partial charge in [-0.25, -0.2) is 0 Å². The third-order valence-electron chi connectivity index (χ3n) is 2.38. The molecular weight excluding hydrogens is 172 g/mol. The fourth-order valence-corrected chi connectivity index (χ4v) is 1.68. The number of nitrogens with zero attached hydrogens (tertiary/aromatic N) is 2. The first-order valence-corrected chi connectivity index (χ1v) is 4.54. The van der Waals surface area contributed by atoms with Crippen molar-refractivity contribution in [2.24, 2.45) is 0 Å². The Morgan fingerprint density at radius 2 is 1.57 bits per heavy atom. The predicted molar refractivity (Wildman–Crippen MR) is 57.0 cm³/mol. The maximum Gasteiger partial charge on any atom is 0.0936 e.